The van der Waals surface area contributed by atoms with Gasteiger partial charge in [0.25, 0.3) is 0 Å². The summed E-state index contributed by atoms with van der Waals surface area (Å²) in [6, 6.07) is 10.1. The fourth-order valence-corrected chi connectivity index (χ4v) is 6.00. The molecule has 0 aliphatic carbocycles. The van der Waals surface area contributed by atoms with E-state index in [1.807, 2.05) is 0 Å². The lowest BCUT2D eigenvalue weighted by atomic mass is 9.71. The molecule has 2 fully saturated rings. The van der Waals surface area contributed by atoms with E-state index in [9.17, 15) is 44.7 Å². The van der Waals surface area contributed by atoms with Crippen molar-refractivity contribution in [1.29, 1.82) is 5.26 Å². The molecule has 0 bridgehead atoms. The molecule has 2 amide bonds. The van der Waals surface area contributed by atoms with Crippen LogP contribution >= 0.6 is 0 Å². The van der Waals surface area contributed by atoms with Gasteiger partial charge in [-0.25, -0.2) is 8.78 Å². The highest BCUT2D eigenvalue weighted by atomic mass is 19.4. The number of alkyl halides is 7. The van der Waals surface area contributed by atoms with E-state index in [0.717, 1.165) is 12.1 Å². The van der Waals surface area contributed by atoms with Crippen LogP contribution in [0.5, 0.6) is 0 Å². The Balaban J connectivity index is 1.64. The molecule has 4 rings (SSSR count). The molecule has 2 aromatic carbocycles. The van der Waals surface area contributed by atoms with Crippen LogP contribution in [0.1, 0.15) is 48.8 Å². The maximum atomic E-state index is 14.6. The Bertz CT molecular complexity index is 1330. The van der Waals surface area contributed by atoms with E-state index in [1.54, 1.807) is 17.9 Å². The number of nitriles is 1. The topological polar surface area (TPSA) is 64.4 Å². The van der Waals surface area contributed by atoms with E-state index in [1.165, 1.54) is 29.2 Å². The Labute approximate surface area is 236 Å². The maximum absolute atomic E-state index is 14.6. The first-order valence-corrected chi connectivity index (χ1v) is 13.2. The van der Waals surface area contributed by atoms with Crippen molar-refractivity contribution in [2.75, 3.05) is 26.2 Å². The lowest BCUT2D eigenvalue weighted by Gasteiger charge is -2.34. The van der Waals surface area contributed by atoms with E-state index < -0.39 is 46.7 Å². The smallest absolute Gasteiger partial charge is 0.342 e. The first kappa shape index (κ1) is 31.3. The standard InChI is InChI=1S/C29H27F8N3O2/c1-26(20-6-8-22(30)9-7-20)17-40(25(42)19-11-14-39(15-12-19)24(41)10-13-38)16-23(26)18-2-4-21(5-3-18)27(31,28(32,33)34)29(35,36)37/h2-9,19,23H,10-12,14-17H2,1H3/t23-,26+/m0/s1. The van der Waals surface area contributed by atoms with Gasteiger partial charge in [0.05, 0.1) is 6.07 Å². The minimum absolute atomic E-state index is 0.0545. The summed E-state index contributed by atoms with van der Waals surface area (Å²) in [6.07, 6.45) is -12.1. The minimum atomic E-state index is -6.25. The van der Waals surface area contributed by atoms with Crippen LogP contribution in [0.2, 0.25) is 0 Å². The molecular weight excluding hydrogens is 574 g/mol. The Kier molecular flexibility index (Phi) is 8.32. The molecule has 2 atom stereocenters. The summed E-state index contributed by atoms with van der Waals surface area (Å²) < 4.78 is 108. The molecule has 42 heavy (non-hydrogen) atoms. The van der Waals surface area contributed by atoms with Crippen LogP contribution in [-0.4, -0.2) is 60.1 Å². The van der Waals surface area contributed by atoms with Crippen molar-refractivity contribution < 1.29 is 44.7 Å². The molecule has 2 aromatic rings. The second kappa shape index (κ2) is 11.2. The molecule has 0 aromatic heterocycles. The third-order valence-corrected chi connectivity index (χ3v) is 8.43. The summed E-state index contributed by atoms with van der Waals surface area (Å²) in [7, 11) is 0. The van der Waals surface area contributed by atoms with Gasteiger partial charge in [-0.2, -0.15) is 31.6 Å². The van der Waals surface area contributed by atoms with Gasteiger partial charge in [-0.05, 0) is 36.1 Å². The van der Waals surface area contributed by atoms with Crippen molar-refractivity contribution in [3.63, 3.8) is 0 Å². The van der Waals surface area contributed by atoms with Gasteiger partial charge < -0.3 is 9.80 Å². The molecule has 0 saturated carbocycles. The number of carbonyl (C=O) groups excluding carboxylic acids is 2. The van der Waals surface area contributed by atoms with Gasteiger partial charge in [-0.15, -0.1) is 0 Å². The summed E-state index contributed by atoms with van der Waals surface area (Å²) in [5.74, 6) is -2.16. The Morgan fingerprint density at radius 3 is 1.95 bits per heavy atom. The maximum Gasteiger partial charge on any atom is 0.435 e. The highest BCUT2D eigenvalue weighted by Crippen LogP contribution is 2.54. The first-order valence-electron chi connectivity index (χ1n) is 13.2. The molecule has 5 nitrogen and oxygen atoms in total. The minimum Gasteiger partial charge on any atom is -0.342 e. The third kappa shape index (κ3) is 5.55. The van der Waals surface area contributed by atoms with Gasteiger partial charge in [-0.1, -0.05) is 43.3 Å². The van der Waals surface area contributed by atoms with Gasteiger partial charge in [0.2, 0.25) is 11.8 Å². The number of benzene rings is 2. The number of piperidine rings is 1. The number of amides is 2. The van der Waals surface area contributed by atoms with Crippen LogP contribution in [0.25, 0.3) is 0 Å². The summed E-state index contributed by atoms with van der Waals surface area (Å²) in [6.45, 7) is 2.51. The van der Waals surface area contributed by atoms with Crippen LogP contribution < -0.4 is 0 Å². The summed E-state index contributed by atoms with van der Waals surface area (Å²) in [4.78, 5) is 28.7. The van der Waals surface area contributed by atoms with Crippen molar-refractivity contribution in [3.8, 4) is 6.07 Å². The highest BCUT2D eigenvalue weighted by Gasteiger charge is 2.73. The quantitative estimate of drug-likeness (QED) is 0.387. The third-order valence-electron chi connectivity index (χ3n) is 8.43. The molecule has 13 heteroatoms. The molecule has 0 radical (unpaired) electrons. The Morgan fingerprint density at radius 1 is 0.905 bits per heavy atom. The second-order valence-electron chi connectivity index (χ2n) is 11.0. The van der Waals surface area contributed by atoms with E-state index in [4.69, 9.17) is 5.26 Å². The normalized spacial score (nSPS) is 22.2. The number of nitrogens with zero attached hydrogens (tertiary/aromatic N) is 3. The van der Waals surface area contributed by atoms with Gasteiger partial charge in [0, 0.05) is 49.0 Å². The van der Waals surface area contributed by atoms with Crippen LogP contribution in [0.4, 0.5) is 35.1 Å². The average Bonchev–Trinajstić information content (AvgIpc) is 3.30. The van der Waals surface area contributed by atoms with Crippen molar-refractivity contribution in [3.05, 3.63) is 71.0 Å². The number of halogens is 8. The predicted octanol–water partition coefficient (Wildman–Crippen LogP) is 6.15. The van der Waals surface area contributed by atoms with Crippen LogP contribution in [0, 0.1) is 23.1 Å². The lowest BCUT2D eigenvalue weighted by molar-refractivity contribution is -0.348. The van der Waals surface area contributed by atoms with E-state index >= 15 is 0 Å². The lowest BCUT2D eigenvalue weighted by Crippen LogP contribution is -2.50. The fourth-order valence-electron chi connectivity index (χ4n) is 6.00. The number of hydrogen-bond donors (Lipinski definition) is 0. The zero-order valence-electron chi connectivity index (χ0n) is 22.4. The largest absolute Gasteiger partial charge is 0.435 e. The summed E-state index contributed by atoms with van der Waals surface area (Å²) >= 11 is 0. The van der Waals surface area contributed by atoms with Gasteiger partial charge in [0.1, 0.15) is 12.2 Å². The van der Waals surface area contributed by atoms with E-state index in [-0.39, 0.29) is 50.0 Å². The van der Waals surface area contributed by atoms with Crippen molar-refractivity contribution >= 4 is 11.8 Å². The van der Waals surface area contributed by atoms with Crippen molar-refractivity contribution in [1.82, 2.24) is 9.80 Å². The number of carbonyl (C=O) groups is 2. The van der Waals surface area contributed by atoms with Gasteiger partial charge in [0.15, 0.2) is 0 Å². The fraction of sp³-hybridized carbons (Fsp3) is 0.483. The highest BCUT2D eigenvalue weighted by molar-refractivity contribution is 5.81. The molecule has 2 aliphatic heterocycles. The number of hydrogen-bond acceptors (Lipinski definition) is 3. The van der Waals surface area contributed by atoms with Crippen LogP contribution in [0.3, 0.4) is 0 Å². The molecule has 2 aliphatic rings. The zero-order chi connectivity index (χ0) is 31.1. The monoisotopic (exact) mass is 601 g/mol. The predicted molar refractivity (Wildman–Crippen MR) is 134 cm³/mol. The van der Waals surface area contributed by atoms with Crippen LogP contribution in [0.15, 0.2) is 48.5 Å². The van der Waals surface area contributed by atoms with Crippen molar-refractivity contribution in [2.24, 2.45) is 5.92 Å². The summed E-state index contributed by atoms with van der Waals surface area (Å²) in [5.41, 5.74) is -7.23. The Hall–Kier alpha value is -3.69. The number of likely N-dealkylation sites (tertiary alicyclic amines) is 2. The first-order chi connectivity index (χ1) is 19.5. The van der Waals surface area contributed by atoms with Crippen molar-refractivity contribution in [2.45, 2.75) is 55.5 Å². The molecule has 2 saturated heterocycles. The zero-order valence-corrected chi connectivity index (χ0v) is 22.4. The van der Waals surface area contributed by atoms with E-state index in [0.29, 0.717) is 30.5 Å². The molecule has 0 spiro atoms. The molecule has 0 N–H and O–H groups in total. The van der Waals surface area contributed by atoms with E-state index in [2.05, 4.69) is 0 Å². The second-order valence-corrected chi connectivity index (χ2v) is 11.0. The molecular formula is C29H27F8N3O2. The van der Waals surface area contributed by atoms with Crippen LogP contribution in [-0.2, 0) is 20.7 Å². The molecule has 0 unspecified atom stereocenters. The SMILES string of the molecule is C[C@]1(c2ccc(F)cc2)CN(C(=O)C2CCN(C(=O)CC#N)CC2)C[C@H]1c1ccc(C(F)(C(F)(F)F)C(F)(F)F)cc1. The Morgan fingerprint density at radius 2 is 1.45 bits per heavy atom. The average molecular weight is 602 g/mol. The van der Waals surface area contributed by atoms with Gasteiger partial charge in [-0.3, -0.25) is 9.59 Å². The molecule has 226 valence electrons. The number of rotatable bonds is 5. The summed E-state index contributed by atoms with van der Waals surface area (Å²) in [5, 5.41) is 8.76. The molecule has 2 heterocycles. The van der Waals surface area contributed by atoms with Gasteiger partial charge >= 0.3 is 18.0 Å².